The van der Waals surface area contributed by atoms with Crippen molar-refractivity contribution in [1.29, 1.82) is 0 Å². The predicted octanol–water partition coefficient (Wildman–Crippen LogP) is 3.65. The second kappa shape index (κ2) is 6.44. The van der Waals surface area contributed by atoms with Gasteiger partial charge in [0.25, 0.3) is 5.56 Å². The number of furan rings is 1. The maximum atomic E-state index is 13.1. The van der Waals surface area contributed by atoms with Gasteiger partial charge in [0.2, 0.25) is 0 Å². The molecular formula is C19H14FN3O3. The Bertz CT molecular complexity index is 1100. The zero-order valence-electron chi connectivity index (χ0n) is 13.8. The lowest BCUT2D eigenvalue weighted by Crippen LogP contribution is -2.23. The van der Waals surface area contributed by atoms with Crippen LogP contribution in [0.25, 0.3) is 22.8 Å². The van der Waals surface area contributed by atoms with Crippen LogP contribution in [0.4, 0.5) is 4.39 Å². The summed E-state index contributed by atoms with van der Waals surface area (Å²) in [5.41, 5.74) is 2.11. The fourth-order valence-corrected chi connectivity index (χ4v) is 2.64. The summed E-state index contributed by atoms with van der Waals surface area (Å²) in [4.78, 5) is 12.5. The van der Waals surface area contributed by atoms with Crippen LogP contribution < -0.4 is 5.56 Å². The zero-order chi connectivity index (χ0) is 18.1. The highest BCUT2D eigenvalue weighted by Gasteiger charge is 2.18. The molecule has 0 fully saturated rings. The minimum Gasteiger partial charge on any atom is -0.463 e. The van der Waals surface area contributed by atoms with Gasteiger partial charge >= 0.3 is 0 Å². The molecule has 4 aromatic rings. The van der Waals surface area contributed by atoms with E-state index < -0.39 is 0 Å². The lowest BCUT2D eigenvalue weighted by Gasteiger charge is -2.09. The Labute approximate surface area is 147 Å². The topological polar surface area (TPSA) is 74.1 Å². The molecule has 0 aliphatic heterocycles. The van der Waals surface area contributed by atoms with Gasteiger partial charge in [-0.1, -0.05) is 17.3 Å². The normalized spacial score (nSPS) is 11.0. The van der Waals surface area contributed by atoms with Crippen molar-refractivity contribution in [3.8, 4) is 22.8 Å². The molecule has 0 N–H and O–H groups in total. The van der Waals surface area contributed by atoms with Crippen LogP contribution in [-0.4, -0.2) is 14.9 Å². The number of aryl methyl sites for hydroxylation is 1. The number of halogens is 1. The summed E-state index contributed by atoms with van der Waals surface area (Å²) in [7, 11) is 0. The van der Waals surface area contributed by atoms with Gasteiger partial charge in [-0.15, -0.1) is 0 Å². The van der Waals surface area contributed by atoms with Gasteiger partial charge in [-0.3, -0.25) is 4.79 Å². The van der Waals surface area contributed by atoms with Crippen molar-refractivity contribution in [2.75, 3.05) is 0 Å². The summed E-state index contributed by atoms with van der Waals surface area (Å²) in [6, 6.07) is 12.6. The minimum absolute atomic E-state index is 0.211. The van der Waals surface area contributed by atoms with Gasteiger partial charge < -0.3 is 8.94 Å². The highest BCUT2D eigenvalue weighted by atomic mass is 19.1. The number of benzene rings is 1. The molecule has 0 atom stereocenters. The SMILES string of the molecule is Cc1cc(-c2cc(=O)n(Cc3ccc(F)cc3)nc2-c2ccco2)on1. The summed E-state index contributed by atoms with van der Waals surface area (Å²) in [5, 5.41) is 8.31. The van der Waals surface area contributed by atoms with Gasteiger partial charge in [-0.05, 0) is 36.8 Å². The van der Waals surface area contributed by atoms with Gasteiger partial charge in [-0.2, -0.15) is 5.10 Å². The fourth-order valence-electron chi connectivity index (χ4n) is 2.64. The molecule has 0 saturated carbocycles. The molecule has 0 amide bonds. The highest BCUT2D eigenvalue weighted by molar-refractivity contribution is 5.74. The van der Waals surface area contributed by atoms with E-state index in [1.807, 2.05) is 0 Å². The first-order valence-electron chi connectivity index (χ1n) is 7.94. The Hall–Kier alpha value is -3.48. The van der Waals surface area contributed by atoms with Crippen LogP contribution in [-0.2, 0) is 6.54 Å². The third-order valence-electron chi connectivity index (χ3n) is 3.89. The Morgan fingerprint density at radius 3 is 2.58 bits per heavy atom. The van der Waals surface area contributed by atoms with Crippen LogP contribution in [0.1, 0.15) is 11.3 Å². The van der Waals surface area contributed by atoms with E-state index in [0.29, 0.717) is 28.5 Å². The van der Waals surface area contributed by atoms with Crippen molar-refractivity contribution in [3.05, 3.63) is 82.2 Å². The van der Waals surface area contributed by atoms with E-state index in [1.54, 1.807) is 37.3 Å². The largest absolute Gasteiger partial charge is 0.463 e. The fraction of sp³-hybridized carbons (Fsp3) is 0.105. The number of rotatable bonds is 4. The molecule has 6 nitrogen and oxygen atoms in total. The van der Waals surface area contributed by atoms with Crippen LogP contribution in [0, 0.1) is 12.7 Å². The Morgan fingerprint density at radius 2 is 1.92 bits per heavy atom. The predicted molar refractivity (Wildman–Crippen MR) is 91.9 cm³/mol. The summed E-state index contributed by atoms with van der Waals surface area (Å²) in [5.74, 6) is 0.607. The van der Waals surface area contributed by atoms with Crippen molar-refractivity contribution in [1.82, 2.24) is 14.9 Å². The molecule has 3 aromatic heterocycles. The van der Waals surface area contributed by atoms with Crippen LogP contribution in [0.2, 0.25) is 0 Å². The maximum absolute atomic E-state index is 13.1. The third kappa shape index (κ3) is 3.06. The number of hydrogen-bond acceptors (Lipinski definition) is 5. The molecule has 0 radical (unpaired) electrons. The summed E-state index contributed by atoms with van der Waals surface area (Å²) in [6.45, 7) is 2.01. The molecule has 3 heterocycles. The first-order chi connectivity index (χ1) is 12.6. The van der Waals surface area contributed by atoms with Crippen LogP contribution in [0.5, 0.6) is 0 Å². The van der Waals surface area contributed by atoms with Crippen LogP contribution >= 0.6 is 0 Å². The first-order valence-corrected chi connectivity index (χ1v) is 7.94. The Morgan fingerprint density at radius 1 is 1.12 bits per heavy atom. The van der Waals surface area contributed by atoms with Crippen molar-refractivity contribution < 1.29 is 13.3 Å². The summed E-state index contributed by atoms with van der Waals surface area (Å²) in [6.07, 6.45) is 1.53. The minimum atomic E-state index is -0.332. The Kier molecular flexibility index (Phi) is 3.96. The van der Waals surface area contributed by atoms with E-state index in [-0.39, 0.29) is 17.9 Å². The molecule has 4 rings (SSSR count). The number of hydrogen-bond donors (Lipinski definition) is 0. The van der Waals surface area contributed by atoms with Crippen molar-refractivity contribution in [2.45, 2.75) is 13.5 Å². The summed E-state index contributed by atoms with van der Waals surface area (Å²) >= 11 is 0. The van der Waals surface area contributed by atoms with E-state index in [9.17, 15) is 9.18 Å². The maximum Gasteiger partial charge on any atom is 0.267 e. The standard InChI is InChI=1S/C19H14FN3O3/c1-12-9-17(26-22-12)15-10-18(24)23(11-13-4-6-14(20)7-5-13)21-19(15)16-3-2-8-25-16/h2-10H,11H2,1H3. The van der Waals surface area contributed by atoms with Crippen molar-refractivity contribution >= 4 is 0 Å². The number of nitrogens with zero attached hydrogens (tertiary/aromatic N) is 3. The van der Waals surface area contributed by atoms with E-state index in [1.165, 1.54) is 29.1 Å². The van der Waals surface area contributed by atoms with E-state index in [4.69, 9.17) is 8.94 Å². The lowest BCUT2D eigenvalue weighted by atomic mass is 10.1. The molecule has 0 saturated heterocycles. The second-order valence-corrected chi connectivity index (χ2v) is 5.84. The van der Waals surface area contributed by atoms with E-state index in [2.05, 4.69) is 10.3 Å². The third-order valence-corrected chi connectivity index (χ3v) is 3.89. The molecule has 0 bridgehead atoms. The van der Waals surface area contributed by atoms with Gasteiger partial charge in [0.15, 0.2) is 11.5 Å². The van der Waals surface area contributed by atoms with Gasteiger partial charge in [-0.25, -0.2) is 9.07 Å². The average Bonchev–Trinajstić information content (AvgIpc) is 3.30. The molecule has 0 aliphatic carbocycles. The lowest BCUT2D eigenvalue weighted by molar-refractivity contribution is 0.426. The Balaban J connectivity index is 1.83. The molecular weight excluding hydrogens is 337 g/mol. The molecule has 26 heavy (non-hydrogen) atoms. The van der Waals surface area contributed by atoms with Crippen molar-refractivity contribution in [3.63, 3.8) is 0 Å². The quantitative estimate of drug-likeness (QED) is 0.561. The van der Waals surface area contributed by atoms with Gasteiger partial charge in [0.05, 0.1) is 24.1 Å². The van der Waals surface area contributed by atoms with Gasteiger partial charge in [0, 0.05) is 12.1 Å². The molecule has 130 valence electrons. The molecule has 7 heteroatoms. The van der Waals surface area contributed by atoms with Crippen molar-refractivity contribution in [2.24, 2.45) is 0 Å². The van der Waals surface area contributed by atoms with E-state index >= 15 is 0 Å². The monoisotopic (exact) mass is 351 g/mol. The smallest absolute Gasteiger partial charge is 0.267 e. The average molecular weight is 351 g/mol. The molecule has 0 aliphatic rings. The summed E-state index contributed by atoms with van der Waals surface area (Å²) < 4.78 is 25.1. The molecule has 0 unspecified atom stereocenters. The van der Waals surface area contributed by atoms with Crippen LogP contribution in [0.3, 0.4) is 0 Å². The first kappa shape index (κ1) is 16.0. The molecule has 1 aromatic carbocycles. The zero-order valence-corrected chi connectivity index (χ0v) is 13.8. The highest BCUT2D eigenvalue weighted by Crippen LogP contribution is 2.29. The van der Waals surface area contributed by atoms with Crippen LogP contribution in [0.15, 0.2) is 68.5 Å². The number of aromatic nitrogens is 3. The van der Waals surface area contributed by atoms with Gasteiger partial charge in [0.1, 0.15) is 11.5 Å². The van der Waals surface area contributed by atoms with E-state index in [0.717, 1.165) is 5.56 Å². The second-order valence-electron chi connectivity index (χ2n) is 5.84. The molecule has 0 spiro atoms.